The Morgan fingerprint density at radius 2 is 1.94 bits per heavy atom. The van der Waals surface area contributed by atoms with Gasteiger partial charge in [-0.05, 0) is 33.6 Å². The molecule has 0 unspecified atom stereocenters. The fraction of sp³-hybridized carbons (Fsp3) is 0.455. The summed E-state index contributed by atoms with van der Waals surface area (Å²) < 4.78 is 37.1. The quantitative estimate of drug-likeness (QED) is 0.688. The number of hydrogen-bond donors (Lipinski definition) is 0. The van der Waals surface area contributed by atoms with Crippen molar-refractivity contribution in [1.82, 2.24) is 0 Å². The predicted molar refractivity (Wildman–Crippen MR) is 70.7 cm³/mol. The van der Waals surface area contributed by atoms with Crippen molar-refractivity contribution in [2.45, 2.75) is 17.9 Å². The molecule has 1 aromatic rings. The molecule has 0 aliphatic carbocycles. The molecule has 0 spiro atoms. The number of alkyl halides is 4. The molecule has 0 fully saturated rings. The Morgan fingerprint density at radius 3 is 2.41 bits per heavy atom. The van der Waals surface area contributed by atoms with Gasteiger partial charge in [0.15, 0.2) is 0 Å². The minimum Gasteiger partial charge on any atom is -0.373 e. The van der Waals surface area contributed by atoms with Gasteiger partial charge in [-0.3, -0.25) is 0 Å². The molecule has 0 aromatic heterocycles. The van der Waals surface area contributed by atoms with E-state index in [0.29, 0.717) is 0 Å². The van der Waals surface area contributed by atoms with Gasteiger partial charge in [-0.25, -0.2) is 0 Å². The van der Waals surface area contributed by atoms with Crippen molar-refractivity contribution >= 4 is 37.5 Å². The van der Waals surface area contributed by atoms with Crippen LogP contribution in [0.3, 0.4) is 0 Å². The third kappa shape index (κ3) is 4.87. The van der Waals surface area contributed by atoms with Crippen molar-refractivity contribution in [2.75, 3.05) is 18.5 Å². The van der Waals surface area contributed by atoms with E-state index in [0.717, 1.165) is 21.1 Å². The lowest BCUT2D eigenvalue weighted by molar-refractivity contribution is -0.132. The Hall–Kier alpha value is -0.230. The maximum Gasteiger partial charge on any atom is 0.390 e. The average Bonchev–Trinajstić information content (AvgIpc) is 2.24. The fourth-order valence-corrected chi connectivity index (χ4v) is 2.44. The van der Waals surface area contributed by atoms with E-state index in [1.807, 2.05) is 18.2 Å². The molecule has 0 heterocycles. The second-order valence-electron chi connectivity index (χ2n) is 3.71. The first-order valence-corrected chi connectivity index (χ1v) is 6.87. The fourth-order valence-electron chi connectivity index (χ4n) is 1.36. The Kier molecular flexibility index (Phi) is 5.31. The summed E-state index contributed by atoms with van der Waals surface area (Å²) in [6.45, 7) is -0.0459. The number of nitrogens with zero attached hydrogens (tertiary/aromatic N) is 1. The monoisotopic (exact) mass is 373 g/mol. The van der Waals surface area contributed by atoms with Crippen LogP contribution in [0.15, 0.2) is 22.7 Å². The number of halogens is 5. The first-order chi connectivity index (χ1) is 7.83. The molecule has 1 aromatic carbocycles. The van der Waals surface area contributed by atoms with E-state index in [4.69, 9.17) is 0 Å². The van der Waals surface area contributed by atoms with Crippen LogP contribution >= 0.6 is 31.9 Å². The highest BCUT2D eigenvalue weighted by Crippen LogP contribution is 2.29. The molecular formula is C11H12Br2F3N. The maximum atomic E-state index is 12.1. The molecule has 0 aliphatic rings. The van der Waals surface area contributed by atoms with Crippen LogP contribution in [0.2, 0.25) is 0 Å². The van der Waals surface area contributed by atoms with Crippen LogP contribution in [0, 0.1) is 0 Å². The summed E-state index contributed by atoms with van der Waals surface area (Å²) in [5, 5.41) is 0.720. The summed E-state index contributed by atoms with van der Waals surface area (Å²) in [5.41, 5.74) is 1.84. The zero-order valence-electron chi connectivity index (χ0n) is 9.19. The van der Waals surface area contributed by atoms with E-state index < -0.39 is 12.6 Å². The largest absolute Gasteiger partial charge is 0.390 e. The van der Waals surface area contributed by atoms with Crippen LogP contribution in [0.4, 0.5) is 18.9 Å². The molecule has 0 saturated heterocycles. The summed E-state index contributed by atoms with van der Waals surface area (Å²) >= 11 is 6.69. The van der Waals surface area contributed by atoms with Gasteiger partial charge < -0.3 is 4.90 Å². The molecule has 1 nitrogen and oxygen atoms in total. The lowest BCUT2D eigenvalue weighted by Crippen LogP contribution is -2.24. The molecule has 1 rings (SSSR count). The van der Waals surface area contributed by atoms with Crippen LogP contribution in [0.25, 0.3) is 0 Å². The van der Waals surface area contributed by atoms with Gasteiger partial charge in [0.2, 0.25) is 0 Å². The molecule has 96 valence electrons. The molecule has 0 N–H and O–H groups in total. The normalized spacial score (nSPS) is 11.6. The maximum absolute atomic E-state index is 12.1. The molecule has 0 amide bonds. The van der Waals surface area contributed by atoms with Crippen molar-refractivity contribution < 1.29 is 13.2 Å². The minimum atomic E-state index is -4.11. The van der Waals surface area contributed by atoms with Gasteiger partial charge in [-0.15, -0.1) is 0 Å². The van der Waals surface area contributed by atoms with E-state index in [-0.39, 0.29) is 6.54 Å². The van der Waals surface area contributed by atoms with Crippen molar-refractivity contribution in [1.29, 1.82) is 0 Å². The van der Waals surface area contributed by atoms with Crippen LogP contribution in [-0.4, -0.2) is 19.8 Å². The lowest BCUT2D eigenvalue weighted by atomic mass is 10.2. The predicted octanol–water partition coefficient (Wildman–Crippen LogP) is 4.73. The molecule has 17 heavy (non-hydrogen) atoms. The van der Waals surface area contributed by atoms with Crippen LogP contribution in [0.1, 0.15) is 12.0 Å². The zero-order chi connectivity index (χ0) is 13.1. The van der Waals surface area contributed by atoms with E-state index in [1.165, 1.54) is 0 Å². The third-order valence-corrected chi connectivity index (χ3v) is 3.59. The summed E-state index contributed by atoms with van der Waals surface area (Å²) in [5.74, 6) is 0. The molecule has 0 saturated carbocycles. The topological polar surface area (TPSA) is 3.24 Å². The van der Waals surface area contributed by atoms with Crippen LogP contribution in [-0.2, 0) is 5.33 Å². The molecule has 0 aliphatic heterocycles. The van der Waals surface area contributed by atoms with Gasteiger partial charge in [-0.2, -0.15) is 13.2 Å². The van der Waals surface area contributed by atoms with Gasteiger partial charge in [0.1, 0.15) is 0 Å². The van der Waals surface area contributed by atoms with Crippen molar-refractivity contribution in [3.8, 4) is 0 Å². The van der Waals surface area contributed by atoms with Crippen LogP contribution in [0.5, 0.6) is 0 Å². The van der Waals surface area contributed by atoms with Gasteiger partial charge in [0.25, 0.3) is 0 Å². The smallest absolute Gasteiger partial charge is 0.373 e. The highest BCUT2D eigenvalue weighted by Gasteiger charge is 2.27. The third-order valence-electron chi connectivity index (χ3n) is 2.31. The zero-order valence-corrected chi connectivity index (χ0v) is 12.4. The number of benzene rings is 1. The van der Waals surface area contributed by atoms with E-state index in [2.05, 4.69) is 31.9 Å². The van der Waals surface area contributed by atoms with E-state index in [1.54, 1.807) is 11.9 Å². The van der Waals surface area contributed by atoms with Gasteiger partial charge in [0.05, 0.1) is 12.1 Å². The minimum absolute atomic E-state index is 0.0459. The van der Waals surface area contributed by atoms with Crippen molar-refractivity contribution in [3.05, 3.63) is 28.2 Å². The Morgan fingerprint density at radius 1 is 1.29 bits per heavy atom. The lowest BCUT2D eigenvalue weighted by Gasteiger charge is -2.21. The van der Waals surface area contributed by atoms with Crippen molar-refractivity contribution in [2.24, 2.45) is 0 Å². The van der Waals surface area contributed by atoms with Gasteiger partial charge >= 0.3 is 6.18 Å². The molecule has 0 radical (unpaired) electrons. The molecule has 6 heteroatoms. The Labute approximate surface area is 115 Å². The Balaban J connectivity index is 2.72. The van der Waals surface area contributed by atoms with Crippen LogP contribution < -0.4 is 4.90 Å². The molecule has 0 atom stereocenters. The number of anilines is 1. The van der Waals surface area contributed by atoms with Gasteiger partial charge in [-0.1, -0.05) is 22.0 Å². The SMILES string of the molecule is CN(CCC(F)(F)F)c1ccc(CBr)cc1Br. The summed E-state index contributed by atoms with van der Waals surface area (Å²) in [4.78, 5) is 1.59. The summed E-state index contributed by atoms with van der Waals surface area (Å²) in [6.07, 6.45) is -4.92. The first-order valence-electron chi connectivity index (χ1n) is 4.96. The number of hydrogen-bond acceptors (Lipinski definition) is 1. The average molecular weight is 375 g/mol. The highest BCUT2D eigenvalue weighted by molar-refractivity contribution is 9.10. The second-order valence-corrected chi connectivity index (χ2v) is 5.12. The van der Waals surface area contributed by atoms with E-state index >= 15 is 0 Å². The molecular weight excluding hydrogens is 363 g/mol. The summed E-state index contributed by atoms with van der Waals surface area (Å²) in [7, 11) is 1.65. The van der Waals surface area contributed by atoms with Crippen molar-refractivity contribution in [3.63, 3.8) is 0 Å². The van der Waals surface area contributed by atoms with Gasteiger partial charge in [0, 0.05) is 23.4 Å². The standard InChI is InChI=1S/C11H12Br2F3N/c1-17(5-4-11(14,15)16)10-3-2-8(7-12)6-9(10)13/h2-3,6H,4-5,7H2,1H3. The van der Waals surface area contributed by atoms with E-state index in [9.17, 15) is 13.2 Å². The number of rotatable bonds is 4. The Bertz CT molecular complexity index is 379. The first kappa shape index (κ1) is 14.8. The molecule has 0 bridgehead atoms. The summed E-state index contributed by atoms with van der Waals surface area (Å²) in [6, 6.07) is 5.60. The highest BCUT2D eigenvalue weighted by atomic mass is 79.9. The second kappa shape index (κ2) is 6.09.